The first-order valence-electron chi connectivity index (χ1n) is 8.35. The Morgan fingerprint density at radius 2 is 1.75 bits per heavy atom. The molecule has 1 aromatic heterocycles. The van der Waals surface area contributed by atoms with Crippen LogP contribution < -0.4 is 20.1 Å². The number of amides is 1. The number of hydrogen-bond acceptors (Lipinski definition) is 6. The van der Waals surface area contributed by atoms with Gasteiger partial charge in [-0.1, -0.05) is 6.07 Å². The summed E-state index contributed by atoms with van der Waals surface area (Å²) in [5.74, 6) is -1.16. The molecule has 0 fully saturated rings. The van der Waals surface area contributed by atoms with Gasteiger partial charge in [-0.05, 0) is 30.3 Å². The Balaban J connectivity index is 1.52. The van der Waals surface area contributed by atoms with Crippen LogP contribution in [0.15, 0.2) is 48.7 Å². The van der Waals surface area contributed by atoms with Crippen molar-refractivity contribution in [2.75, 3.05) is 23.8 Å². The van der Waals surface area contributed by atoms with Crippen molar-refractivity contribution >= 4 is 23.2 Å². The molecule has 1 amide bonds. The van der Waals surface area contributed by atoms with Gasteiger partial charge in [-0.3, -0.25) is 4.79 Å². The fourth-order valence-corrected chi connectivity index (χ4v) is 2.59. The lowest BCUT2D eigenvalue weighted by molar-refractivity contribution is 0.102. The first-order valence-corrected chi connectivity index (χ1v) is 8.35. The lowest BCUT2D eigenvalue weighted by atomic mass is 10.2. The Labute approximate surface area is 158 Å². The maximum Gasteiger partial charge on any atom is 0.274 e. The molecular formula is C19H14F2N4O3. The fourth-order valence-electron chi connectivity index (χ4n) is 2.59. The highest BCUT2D eigenvalue weighted by Crippen LogP contribution is 2.33. The SMILES string of the molecule is O=C(Nc1c(F)cccc1F)c1ccnc(Nc2ccc3c(c2)OCCO3)n1. The smallest absolute Gasteiger partial charge is 0.274 e. The second-order valence-corrected chi connectivity index (χ2v) is 5.80. The van der Waals surface area contributed by atoms with Gasteiger partial charge in [0.15, 0.2) is 11.5 Å². The summed E-state index contributed by atoms with van der Waals surface area (Å²) in [5.41, 5.74) is 0.0344. The standard InChI is InChI=1S/C19H14F2N4O3/c20-12-2-1-3-13(21)17(12)25-18(26)14-6-7-22-19(24-14)23-11-4-5-15-16(10-11)28-9-8-27-15/h1-7,10H,8-9H2,(H,25,26)(H,22,23,24). The lowest BCUT2D eigenvalue weighted by Crippen LogP contribution is -2.17. The molecule has 4 rings (SSSR count). The summed E-state index contributed by atoms with van der Waals surface area (Å²) in [5, 5.41) is 5.13. The van der Waals surface area contributed by atoms with E-state index in [0.717, 1.165) is 12.1 Å². The number of carbonyl (C=O) groups is 1. The molecule has 2 aromatic carbocycles. The molecule has 2 N–H and O–H groups in total. The molecular weight excluding hydrogens is 370 g/mol. The minimum absolute atomic E-state index is 0.0577. The number of ether oxygens (including phenoxy) is 2. The number of benzene rings is 2. The van der Waals surface area contributed by atoms with E-state index in [1.54, 1.807) is 18.2 Å². The summed E-state index contributed by atoms with van der Waals surface area (Å²) in [4.78, 5) is 20.4. The van der Waals surface area contributed by atoms with Crippen LogP contribution in [0.5, 0.6) is 11.5 Å². The van der Waals surface area contributed by atoms with Crippen molar-refractivity contribution in [3.8, 4) is 11.5 Å². The lowest BCUT2D eigenvalue weighted by Gasteiger charge is -2.19. The van der Waals surface area contributed by atoms with Crippen molar-refractivity contribution in [2.45, 2.75) is 0 Å². The van der Waals surface area contributed by atoms with Gasteiger partial charge in [0.05, 0.1) is 0 Å². The molecule has 2 heterocycles. The zero-order valence-electron chi connectivity index (χ0n) is 14.4. The third-order valence-corrected chi connectivity index (χ3v) is 3.89. The highest BCUT2D eigenvalue weighted by molar-refractivity contribution is 6.03. The summed E-state index contributed by atoms with van der Waals surface area (Å²) < 4.78 is 38.4. The molecule has 1 aliphatic heterocycles. The molecule has 0 spiro atoms. The molecule has 0 bridgehead atoms. The van der Waals surface area contributed by atoms with Crippen molar-refractivity contribution in [1.82, 2.24) is 9.97 Å². The van der Waals surface area contributed by atoms with Gasteiger partial charge < -0.3 is 20.1 Å². The normalized spacial score (nSPS) is 12.4. The van der Waals surface area contributed by atoms with Crippen LogP contribution in [0.1, 0.15) is 10.5 Å². The number of nitrogens with zero attached hydrogens (tertiary/aromatic N) is 2. The van der Waals surface area contributed by atoms with Gasteiger partial charge in [0.1, 0.15) is 36.2 Å². The number of halogens is 2. The zero-order chi connectivity index (χ0) is 19.5. The average molecular weight is 384 g/mol. The summed E-state index contributed by atoms with van der Waals surface area (Å²) in [6.45, 7) is 0.942. The van der Waals surface area contributed by atoms with Crippen LogP contribution in [-0.2, 0) is 0 Å². The minimum atomic E-state index is -0.878. The zero-order valence-corrected chi connectivity index (χ0v) is 14.4. The number of carbonyl (C=O) groups excluding carboxylic acids is 1. The van der Waals surface area contributed by atoms with E-state index in [9.17, 15) is 13.6 Å². The molecule has 28 heavy (non-hydrogen) atoms. The molecule has 1 aliphatic rings. The largest absolute Gasteiger partial charge is 0.486 e. The minimum Gasteiger partial charge on any atom is -0.486 e. The van der Waals surface area contributed by atoms with Crippen LogP contribution in [0.4, 0.5) is 26.1 Å². The van der Waals surface area contributed by atoms with Crippen LogP contribution >= 0.6 is 0 Å². The first kappa shape index (κ1) is 17.7. The summed E-state index contributed by atoms with van der Waals surface area (Å²) in [6.07, 6.45) is 1.36. The summed E-state index contributed by atoms with van der Waals surface area (Å²) in [6, 6.07) is 9.86. The van der Waals surface area contributed by atoms with E-state index < -0.39 is 23.2 Å². The van der Waals surface area contributed by atoms with E-state index in [1.807, 2.05) is 0 Å². The number of rotatable bonds is 4. The Morgan fingerprint density at radius 1 is 1.00 bits per heavy atom. The van der Waals surface area contributed by atoms with Gasteiger partial charge in [-0.25, -0.2) is 18.7 Å². The quantitative estimate of drug-likeness (QED) is 0.716. The molecule has 0 saturated carbocycles. The number of hydrogen-bond donors (Lipinski definition) is 2. The predicted molar refractivity (Wildman–Crippen MR) is 97.1 cm³/mol. The van der Waals surface area contributed by atoms with Crippen LogP contribution in [0.2, 0.25) is 0 Å². The van der Waals surface area contributed by atoms with E-state index in [4.69, 9.17) is 9.47 Å². The number of para-hydroxylation sites is 1. The Bertz CT molecular complexity index is 1030. The molecule has 0 atom stereocenters. The summed E-state index contributed by atoms with van der Waals surface area (Å²) in [7, 11) is 0. The van der Waals surface area contributed by atoms with Gasteiger partial charge in [0.25, 0.3) is 5.91 Å². The average Bonchev–Trinajstić information content (AvgIpc) is 2.71. The third-order valence-electron chi connectivity index (χ3n) is 3.89. The Morgan fingerprint density at radius 3 is 2.54 bits per heavy atom. The van der Waals surface area contributed by atoms with E-state index >= 15 is 0 Å². The highest BCUT2D eigenvalue weighted by atomic mass is 19.1. The van der Waals surface area contributed by atoms with Crippen LogP contribution in [0, 0.1) is 11.6 Å². The number of anilines is 3. The van der Waals surface area contributed by atoms with E-state index in [0.29, 0.717) is 30.4 Å². The molecule has 0 unspecified atom stereocenters. The van der Waals surface area contributed by atoms with Crippen molar-refractivity contribution in [1.29, 1.82) is 0 Å². The van der Waals surface area contributed by atoms with E-state index in [-0.39, 0.29) is 11.6 Å². The third kappa shape index (κ3) is 3.68. The fraction of sp³-hybridized carbons (Fsp3) is 0.105. The van der Waals surface area contributed by atoms with Gasteiger partial charge in [-0.15, -0.1) is 0 Å². The number of nitrogens with one attached hydrogen (secondary N) is 2. The van der Waals surface area contributed by atoms with Crippen molar-refractivity contribution in [3.63, 3.8) is 0 Å². The Hall–Kier alpha value is -3.75. The number of fused-ring (bicyclic) bond motifs is 1. The van der Waals surface area contributed by atoms with Crippen molar-refractivity contribution < 1.29 is 23.0 Å². The van der Waals surface area contributed by atoms with E-state index in [2.05, 4.69) is 20.6 Å². The van der Waals surface area contributed by atoms with Crippen LogP contribution in [-0.4, -0.2) is 29.1 Å². The van der Waals surface area contributed by atoms with Crippen molar-refractivity contribution in [2.24, 2.45) is 0 Å². The van der Waals surface area contributed by atoms with Gasteiger partial charge >= 0.3 is 0 Å². The monoisotopic (exact) mass is 384 g/mol. The Kier molecular flexibility index (Phi) is 4.71. The highest BCUT2D eigenvalue weighted by Gasteiger charge is 2.16. The molecule has 0 saturated heterocycles. The predicted octanol–water partition coefficient (Wildman–Crippen LogP) is 3.52. The number of aromatic nitrogens is 2. The molecule has 0 aliphatic carbocycles. The van der Waals surface area contributed by atoms with Gasteiger partial charge in [0, 0.05) is 18.0 Å². The second-order valence-electron chi connectivity index (χ2n) is 5.80. The topological polar surface area (TPSA) is 85.4 Å². The van der Waals surface area contributed by atoms with E-state index in [1.165, 1.54) is 18.3 Å². The second kappa shape index (κ2) is 7.47. The van der Waals surface area contributed by atoms with Crippen LogP contribution in [0.25, 0.3) is 0 Å². The maximum atomic E-state index is 13.7. The molecule has 7 nitrogen and oxygen atoms in total. The van der Waals surface area contributed by atoms with Crippen molar-refractivity contribution in [3.05, 3.63) is 66.0 Å². The van der Waals surface area contributed by atoms with Crippen LogP contribution in [0.3, 0.4) is 0 Å². The molecule has 0 radical (unpaired) electrons. The van der Waals surface area contributed by atoms with Gasteiger partial charge in [-0.2, -0.15) is 0 Å². The molecule has 142 valence electrons. The first-order chi connectivity index (χ1) is 13.6. The van der Waals surface area contributed by atoms with Gasteiger partial charge in [0.2, 0.25) is 5.95 Å². The summed E-state index contributed by atoms with van der Waals surface area (Å²) >= 11 is 0. The maximum absolute atomic E-state index is 13.7. The molecule has 9 heteroatoms. The molecule has 3 aromatic rings.